The van der Waals surface area contributed by atoms with Gasteiger partial charge in [0.2, 0.25) is 0 Å². The SMILES string of the molecule is CCCN(CCCC(=O)O)c1cccc2ccccc12. The van der Waals surface area contributed by atoms with Gasteiger partial charge in [-0.15, -0.1) is 0 Å². The Balaban J connectivity index is 2.24. The Labute approximate surface area is 119 Å². The Morgan fingerprint density at radius 3 is 2.60 bits per heavy atom. The number of carboxylic acids is 1. The largest absolute Gasteiger partial charge is 0.481 e. The molecule has 0 aliphatic heterocycles. The molecule has 1 N–H and O–H groups in total. The molecule has 3 nitrogen and oxygen atoms in total. The van der Waals surface area contributed by atoms with E-state index in [1.165, 1.54) is 16.5 Å². The molecule has 106 valence electrons. The maximum Gasteiger partial charge on any atom is 0.303 e. The molecule has 0 aromatic heterocycles. The summed E-state index contributed by atoms with van der Waals surface area (Å²) in [5.74, 6) is -0.723. The van der Waals surface area contributed by atoms with E-state index < -0.39 is 5.97 Å². The fraction of sp³-hybridized carbons (Fsp3) is 0.353. The van der Waals surface area contributed by atoms with Gasteiger partial charge in [0.1, 0.15) is 0 Å². The first-order chi connectivity index (χ1) is 9.72. The van der Waals surface area contributed by atoms with Crippen LogP contribution < -0.4 is 4.90 Å². The molecule has 20 heavy (non-hydrogen) atoms. The Bertz CT molecular complexity index is 575. The third-order valence-electron chi connectivity index (χ3n) is 3.42. The molecule has 0 heterocycles. The van der Waals surface area contributed by atoms with E-state index in [1.54, 1.807) is 0 Å². The summed E-state index contributed by atoms with van der Waals surface area (Å²) in [6.07, 6.45) is 1.96. The minimum atomic E-state index is -0.723. The van der Waals surface area contributed by atoms with E-state index in [0.717, 1.165) is 19.5 Å². The summed E-state index contributed by atoms with van der Waals surface area (Å²) in [4.78, 5) is 13.0. The standard InChI is InChI=1S/C17H21NO2/c1-2-12-18(13-6-11-17(19)20)16-10-5-8-14-7-3-4-9-15(14)16/h3-5,7-10H,2,6,11-13H2,1H3,(H,19,20). The van der Waals surface area contributed by atoms with Crippen LogP contribution in [0.5, 0.6) is 0 Å². The number of aliphatic carboxylic acids is 1. The number of fused-ring (bicyclic) bond motifs is 1. The van der Waals surface area contributed by atoms with Gasteiger partial charge in [-0.05, 0) is 24.3 Å². The Morgan fingerprint density at radius 2 is 1.85 bits per heavy atom. The fourth-order valence-corrected chi connectivity index (χ4v) is 2.53. The van der Waals surface area contributed by atoms with Crippen LogP contribution in [0.4, 0.5) is 5.69 Å². The Kier molecular flexibility index (Phi) is 4.99. The van der Waals surface area contributed by atoms with Gasteiger partial charge in [-0.2, -0.15) is 0 Å². The van der Waals surface area contributed by atoms with Crippen molar-refractivity contribution < 1.29 is 9.90 Å². The lowest BCUT2D eigenvalue weighted by Gasteiger charge is -2.25. The van der Waals surface area contributed by atoms with E-state index in [1.807, 2.05) is 12.1 Å². The molecule has 0 aliphatic carbocycles. The predicted molar refractivity (Wildman–Crippen MR) is 83.3 cm³/mol. The molecule has 0 fully saturated rings. The smallest absolute Gasteiger partial charge is 0.303 e. The number of rotatable bonds is 7. The summed E-state index contributed by atoms with van der Waals surface area (Å²) in [5, 5.41) is 11.2. The van der Waals surface area contributed by atoms with E-state index in [-0.39, 0.29) is 6.42 Å². The van der Waals surface area contributed by atoms with Crippen molar-refractivity contribution in [3.8, 4) is 0 Å². The maximum absolute atomic E-state index is 10.7. The van der Waals surface area contributed by atoms with E-state index in [2.05, 4.69) is 42.2 Å². The van der Waals surface area contributed by atoms with Crippen LogP contribution in [0.25, 0.3) is 10.8 Å². The van der Waals surface area contributed by atoms with Crippen LogP contribution in [0.1, 0.15) is 26.2 Å². The first-order valence-electron chi connectivity index (χ1n) is 7.17. The Morgan fingerprint density at radius 1 is 1.10 bits per heavy atom. The van der Waals surface area contributed by atoms with Gasteiger partial charge in [0.15, 0.2) is 0 Å². The van der Waals surface area contributed by atoms with E-state index >= 15 is 0 Å². The van der Waals surface area contributed by atoms with Crippen LogP contribution in [0, 0.1) is 0 Å². The summed E-state index contributed by atoms with van der Waals surface area (Å²) in [7, 11) is 0. The third kappa shape index (κ3) is 3.50. The second kappa shape index (κ2) is 6.94. The zero-order chi connectivity index (χ0) is 14.4. The highest BCUT2D eigenvalue weighted by molar-refractivity contribution is 5.94. The molecule has 0 radical (unpaired) electrons. The topological polar surface area (TPSA) is 40.5 Å². The van der Waals surface area contributed by atoms with Crippen LogP contribution in [0.2, 0.25) is 0 Å². The lowest BCUT2D eigenvalue weighted by Crippen LogP contribution is -2.26. The van der Waals surface area contributed by atoms with Crippen LogP contribution in [0.15, 0.2) is 42.5 Å². The number of nitrogens with zero attached hydrogens (tertiary/aromatic N) is 1. The summed E-state index contributed by atoms with van der Waals surface area (Å²) < 4.78 is 0. The van der Waals surface area contributed by atoms with Crippen LogP contribution >= 0.6 is 0 Å². The molecule has 2 aromatic carbocycles. The monoisotopic (exact) mass is 271 g/mol. The highest BCUT2D eigenvalue weighted by Crippen LogP contribution is 2.27. The van der Waals surface area contributed by atoms with Crippen molar-refractivity contribution >= 4 is 22.4 Å². The van der Waals surface area contributed by atoms with Gasteiger partial charge in [-0.25, -0.2) is 0 Å². The molecule has 0 amide bonds. The van der Waals surface area contributed by atoms with E-state index in [4.69, 9.17) is 5.11 Å². The van der Waals surface area contributed by atoms with Gasteiger partial charge < -0.3 is 10.0 Å². The van der Waals surface area contributed by atoms with Crippen molar-refractivity contribution in [1.29, 1.82) is 0 Å². The molecule has 0 saturated carbocycles. The van der Waals surface area contributed by atoms with Crippen molar-refractivity contribution in [2.45, 2.75) is 26.2 Å². The Hall–Kier alpha value is -2.03. The average Bonchev–Trinajstić information content (AvgIpc) is 2.45. The fourth-order valence-electron chi connectivity index (χ4n) is 2.53. The summed E-state index contributed by atoms with van der Waals surface area (Å²) in [5.41, 5.74) is 1.20. The van der Waals surface area contributed by atoms with Crippen molar-refractivity contribution in [3.05, 3.63) is 42.5 Å². The number of hydrogen-bond donors (Lipinski definition) is 1. The average molecular weight is 271 g/mol. The molecular weight excluding hydrogens is 250 g/mol. The predicted octanol–water partition coefficient (Wildman–Crippen LogP) is 3.92. The number of carbonyl (C=O) groups is 1. The van der Waals surface area contributed by atoms with Gasteiger partial charge in [-0.1, -0.05) is 43.3 Å². The lowest BCUT2D eigenvalue weighted by atomic mass is 10.1. The van der Waals surface area contributed by atoms with E-state index in [9.17, 15) is 4.79 Å². The highest BCUT2D eigenvalue weighted by Gasteiger charge is 2.09. The second-order valence-corrected chi connectivity index (χ2v) is 4.98. The molecular formula is C17H21NO2. The van der Waals surface area contributed by atoms with Crippen molar-refractivity contribution in [2.75, 3.05) is 18.0 Å². The second-order valence-electron chi connectivity index (χ2n) is 4.98. The minimum absolute atomic E-state index is 0.227. The first kappa shape index (κ1) is 14.4. The van der Waals surface area contributed by atoms with Gasteiger partial charge in [0.05, 0.1) is 0 Å². The molecule has 0 aliphatic rings. The third-order valence-corrected chi connectivity index (χ3v) is 3.42. The molecule has 2 aromatic rings. The summed E-state index contributed by atoms with van der Waals surface area (Å²) in [6, 6.07) is 14.6. The first-order valence-corrected chi connectivity index (χ1v) is 7.17. The zero-order valence-electron chi connectivity index (χ0n) is 11.9. The van der Waals surface area contributed by atoms with Crippen molar-refractivity contribution in [3.63, 3.8) is 0 Å². The zero-order valence-corrected chi connectivity index (χ0v) is 11.9. The minimum Gasteiger partial charge on any atom is -0.481 e. The van der Waals surface area contributed by atoms with Gasteiger partial charge >= 0.3 is 5.97 Å². The van der Waals surface area contributed by atoms with Crippen LogP contribution in [-0.2, 0) is 4.79 Å². The van der Waals surface area contributed by atoms with Crippen molar-refractivity contribution in [1.82, 2.24) is 0 Å². The maximum atomic E-state index is 10.7. The van der Waals surface area contributed by atoms with Crippen molar-refractivity contribution in [2.24, 2.45) is 0 Å². The van der Waals surface area contributed by atoms with Gasteiger partial charge in [0, 0.05) is 30.6 Å². The van der Waals surface area contributed by atoms with Gasteiger partial charge in [0.25, 0.3) is 0 Å². The van der Waals surface area contributed by atoms with Gasteiger partial charge in [-0.3, -0.25) is 4.79 Å². The quantitative estimate of drug-likeness (QED) is 0.829. The number of benzene rings is 2. The summed E-state index contributed by atoms with van der Waals surface area (Å²) in [6.45, 7) is 3.89. The summed E-state index contributed by atoms with van der Waals surface area (Å²) >= 11 is 0. The molecule has 0 unspecified atom stereocenters. The van der Waals surface area contributed by atoms with E-state index in [0.29, 0.717) is 6.42 Å². The normalized spacial score (nSPS) is 10.7. The molecule has 0 atom stereocenters. The van der Waals surface area contributed by atoms with Crippen LogP contribution in [-0.4, -0.2) is 24.2 Å². The van der Waals surface area contributed by atoms with Crippen LogP contribution in [0.3, 0.4) is 0 Å². The molecule has 0 bridgehead atoms. The molecule has 2 rings (SSSR count). The molecule has 0 saturated heterocycles. The highest BCUT2D eigenvalue weighted by atomic mass is 16.4. The number of carboxylic acid groups (broad SMARTS) is 1. The number of hydrogen-bond acceptors (Lipinski definition) is 2. The lowest BCUT2D eigenvalue weighted by molar-refractivity contribution is -0.137. The number of anilines is 1. The molecule has 3 heteroatoms. The molecule has 0 spiro atoms.